The number of rotatable bonds is 9. The minimum Gasteiger partial charge on any atom is -0.495 e. The molecule has 0 radical (unpaired) electrons. The van der Waals surface area contributed by atoms with Crippen molar-refractivity contribution in [2.75, 3.05) is 25.1 Å². The molecule has 1 rings (SSSR count). The Morgan fingerprint density at radius 1 is 1.25 bits per heavy atom. The van der Waals surface area contributed by atoms with Gasteiger partial charge in [0.2, 0.25) is 5.91 Å². The predicted octanol–water partition coefficient (Wildman–Crippen LogP) is 2.96. The summed E-state index contributed by atoms with van der Waals surface area (Å²) in [4.78, 5) is 14.2. The van der Waals surface area contributed by atoms with Crippen LogP contribution in [0.1, 0.15) is 39.0 Å². The van der Waals surface area contributed by atoms with Gasteiger partial charge in [0.15, 0.2) is 0 Å². The molecule has 1 amide bonds. The fourth-order valence-corrected chi connectivity index (χ4v) is 2.14. The molecule has 0 aliphatic heterocycles. The Morgan fingerprint density at radius 2 is 2.00 bits per heavy atom. The standard InChI is InChI=1S/C16H26N2O2/c1-3-4-5-11-16(19)18(13-8-12-17)14-9-6-7-10-15(14)20-2/h6-7,9-10H,3-5,8,11-13,17H2,1-2H3. The number of nitrogens with zero attached hydrogens (tertiary/aromatic N) is 1. The molecule has 1 aromatic carbocycles. The van der Waals surface area contributed by atoms with Crippen LogP contribution in [0.2, 0.25) is 0 Å². The number of methoxy groups -OCH3 is 1. The number of carbonyl (C=O) groups is 1. The molecule has 112 valence electrons. The van der Waals surface area contributed by atoms with Crippen LogP contribution in [0.15, 0.2) is 24.3 Å². The van der Waals surface area contributed by atoms with Crippen molar-refractivity contribution in [3.05, 3.63) is 24.3 Å². The average molecular weight is 278 g/mol. The van der Waals surface area contributed by atoms with Crippen LogP contribution >= 0.6 is 0 Å². The number of amides is 1. The summed E-state index contributed by atoms with van der Waals surface area (Å²) in [5.41, 5.74) is 6.42. The van der Waals surface area contributed by atoms with E-state index in [4.69, 9.17) is 10.5 Å². The summed E-state index contributed by atoms with van der Waals surface area (Å²) >= 11 is 0. The van der Waals surface area contributed by atoms with Crippen molar-refractivity contribution in [3.63, 3.8) is 0 Å². The van der Waals surface area contributed by atoms with E-state index in [0.717, 1.165) is 37.1 Å². The van der Waals surface area contributed by atoms with Crippen LogP contribution in [-0.2, 0) is 4.79 Å². The molecule has 4 heteroatoms. The highest BCUT2D eigenvalue weighted by molar-refractivity contribution is 5.94. The third kappa shape index (κ3) is 4.85. The summed E-state index contributed by atoms with van der Waals surface area (Å²) in [6.45, 7) is 3.35. The van der Waals surface area contributed by atoms with E-state index >= 15 is 0 Å². The van der Waals surface area contributed by atoms with E-state index < -0.39 is 0 Å². The van der Waals surface area contributed by atoms with Crippen LogP contribution in [0, 0.1) is 0 Å². The second-order valence-electron chi connectivity index (χ2n) is 4.82. The van der Waals surface area contributed by atoms with E-state index in [1.165, 1.54) is 0 Å². The summed E-state index contributed by atoms with van der Waals surface area (Å²) in [5, 5.41) is 0. The highest BCUT2D eigenvalue weighted by Gasteiger charge is 2.18. The molecule has 0 unspecified atom stereocenters. The first-order chi connectivity index (χ1) is 9.74. The van der Waals surface area contributed by atoms with Crippen LogP contribution in [0.5, 0.6) is 5.75 Å². The molecule has 0 fully saturated rings. The number of nitrogens with two attached hydrogens (primary N) is 1. The number of benzene rings is 1. The average Bonchev–Trinajstić information content (AvgIpc) is 2.48. The fraction of sp³-hybridized carbons (Fsp3) is 0.562. The number of hydrogen-bond acceptors (Lipinski definition) is 3. The second kappa shape index (κ2) is 9.37. The lowest BCUT2D eigenvalue weighted by atomic mass is 10.1. The van der Waals surface area contributed by atoms with Crippen LogP contribution in [0.4, 0.5) is 5.69 Å². The zero-order valence-electron chi connectivity index (χ0n) is 12.6. The third-order valence-corrected chi connectivity index (χ3v) is 3.26. The van der Waals surface area contributed by atoms with Gasteiger partial charge in [0, 0.05) is 13.0 Å². The summed E-state index contributed by atoms with van der Waals surface area (Å²) in [7, 11) is 1.63. The van der Waals surface area contributed by atoms with E-state index in [2.05, 4.69) is 6.92 Å². The second-order valence-corrected chi connectivity index (χ2v) is 4.82. The van der Waals surface area contributed by atoms with Crippen molar-refractivity contribution < 1.29 is 9.53 Å². The first-order valence-electron chi connectivity index (χ1n) is 7.38. The molecule has 0 spiro atoms. The van der Waals surface area contributed by atoms with Gasteiger partial charge in [-0.25, -0.2) is 0 Å². The zero-order valence-corrected chi connectivity index (χ0v) is 12.6. The number of ether oxygens (including phenoxy) is 1. The highest BCUT2D eigenvalue weighted by Crippen LogP contribution is 2.28. The molecule has 0 aliphatic carbocycles. The Bertz CT molecular complexity index is 407. The van der Waals surface area contributed by atoms with E-state index in [1.807, 2.05) is 24.3 Å². The Morgan fingerprint density at radius 3 is 2.65 bits per heavy atom. The van der Waals surface area contributed by atoms with Crippen LogP contribution in [0.3, 0.4) is 0 Å². The van der Waals surface area contributed by atoms with Crippen LogP contribution in [0.25, 0.3) is 0 Å². The summed E-state index contributed by atoms with van der Waals surface area (Å²) in [6.07, 6.45) is 4.50. The maximum atomic E-state index is 12.4. The molecular formula is C16H26N2O2. The first-order valence-corrected chi connectivity index (χ1v) is 7.38. The van der Waals surface area contributed by atoms with Gasteiger partial charge in [-0.2, -0.15) is 0 Å². The monoisotopic (exact) mass is 278 g/mol. The van der Waals surface area contributed by atoms with Gasteiger partial charge in [-0.1, -0.05) is 31.9 Å². The van der Waals surface area contributed by atoms with Crippen molar-refractivity contribution in [3.8, 4) is 5.75 Å². The molecule has 0 aromatic heterocycles. The summed E-state index contributed by atoms with van der Waals surface area (Å²) in [5.74, 6) is 0.879. The Hall–Kier alpha value is -1.55. The maximum Gasteiger partial charge on any atom is 0.227 e. The van der Waals surface area contributed by atoms with Crippen LogP contribution < -0.4 is 15.4 Å². The van der Waals surface area contributed by atoms with Gasteiger partial charge < -0.3 is 15.4 Å². The van der Waals surface area contributed by atoms with Gasteiger partial charge in [-0.15, -0.1) is 0 Å². The number of para-hydroxylation sites is 2. The SMILES string of the molecule is CCCCCC(=O)N(CCCN)c1ccccc1OC. The fourth-order valence-electron chi connectivity index (χ4n) is 2.14. The number of unbranched alkanes of at least 4 members (excludes halogenated alkanes) is 2. The normalized spacial score (nSPS) is 10.3. The van der Waals surface area contributed by atoms with Gasteiger partial charge in [0.25, 0.3) is 0 Å². The molecule has 0 bridgehead atoms. The number of hydrogen-bond donors (Lipinski definition) is 1. The molecule has 1 aromatic rings. The molecular weight excluding hydrogens is 252 g/mol. The first kappa shape index (κ1) is 16.5. The van der Waals surface area contributed by atoms with E-state index in [-0.39, 0.29) is 5.91 Å². The Labute approximate surface area is 121 Å². The number of carbonyl (C=O) groups excluding carboxylic acids is 1. The van der Waals surface area contributed by atoms with Crippen molar-refractivity contribution >= 4 is 11.6 Å². The van der Waals surface area contributed by atoms with Crippen molar-refractivity contribution in [2.24, 2.45) is 5.73 Å². The molecule has 20 heavy (non-hydrogen) atoms. The zero-order chi connectivity index (χ0) is 14.8. The lowest BCUT2D eigenvalue weighted by Gasteiger charge is -2.24. The molecule has 0 aliphatic rings. The molecule has 0 saturated carbocycles. The smallest absolute Gasteiger partial charge is 0.227 e. The molecule has 0 heterocycles. The van der Waals surface area contributed by atoms with Gasteiger partial charge in [0.05, 0.1) is 12.8 Å². The minimum absolute atomic E-state index is 0.149. The lowest BCUT2D eigenvalue weighted by Crippen LogP contribution is -2.33. The van der Waals surface area contributed by atoms with Gasteiger partial charge in [-0.05, 0) is 31.5 Å². The van der Waals surface area contributed by atoms with E-state index in [1.54, 1.807) is 12.0 Å². The Kier molecular flexibility index (Phi) is 7.73. The maximum absolute atomic E-state index is 12.4. The van der Waals surface area contributed by atoms with Gasteiger partial charge in [-0.3, -0.25) is 4.79 Å². The van der Waals surface area contributed by atoms with Crippen molar-refractivity contribution in [1.29, 1.82) is 0 Å². The van der Waals surface area contributed by atoms with Crippen molar-refractivity contribution in [2.45, 2.75) is 39.0 Å². The molecule has 2 N–H and O–H groups in total. The van der Waals surface area contributed by atoms with Crippen LogP contribution in [-0.4, -0.2) is 26.1 Å². The summed E-state index contributed by atoms with van der Waals surface area (Å²) in [6, 6.07) is 7.63. The third-order valence-electron chi connectivity index (χ3n) is 3.26. The number of anilines is 1. The van der Waals surface area contributed by atoms with Gasteiger partial charge in [0.1, 0.15) is 5.75 Å². The van der Waals surface area contributed by atoms with E-state index in [9.17, 15) is 4.79 Å². The minimum atomic E-state index is 0.149. The summed E-state index contributed by atoms with van der Waals surface area (Å²) < 4.78 is 5.36. The largest absolute Gasteiger partial charge is 0.495 e. The lowest BCUT2D eigenvalue weighted by molar-refractivity contribution is -0.118. The van der Waals surface area contributed by atoms with Crippen molar-refractivity contribution in [1.82, 2.24) is 0 Å². The topological polar surface area (TPSA) is 55.6 Å². The molecule has 0 atom stereocenters. The van der Waals surface area contributed by atoms with E-state index in [0.29, 0.717) is 19.5 Å². The Balaban J connectivity index is 2.84. The highest BCUT2D eigenvalue weighted by atomic mass is 16.5. The molecule has 4 nitrogen and oxygen atoms in total. The predicted molar refractivity (Wildman–Crippen MR) is 83.2 cm³/mol. The quantitative estimate of drug-likeness (QED) is 0.707. The van der Waals surface area contributed by atoms with Gasteiger partial charge >= 0.3 is 0 Å². The molecule has 0 saturated heterocycles.